The fourth-order valence-electron chi connectivity index (χ4n) is 3.00. The molecule has 1 aliphatic heterocycles. The summed E-state index contributed by atoms with van der Waals surface area (Å²) >= 11 is 0. The summed E-state index contributed by atoms with van der Waals surface area (Å²) in [4.78, 5) is 15.0. The van der Waals surface area contributed by atoms with E-state index in [2.05, 4.69) is 0 Å². The number of halogens is 1. The third-order valence-corrected chi connectivity index (χ3v) is 4.21. The predicted octanol–water partition coefficient (Wildman–Crippen LogP) is -0.432. The molecule has 1 fully saturated rings. The summed E-state index contributed by atoms with van der Waals surface area (Å²) in [5.74, 6) is 1.29. The van der Waals surface area contributed by atoms with E-state index in [1.165, 1.54) is 0 Å². The molecule has 0 aliphatic carbocycles. The molecular formula is C19H21ClN2O6. The second kappa shape index (κ2) is 9.63. The van der Waals surface area contributed by atoms with Gasteiger partial charge in [0.25, 0.3) is 0 Å². The Morgan fingerprint density at radius 3 is 2.18 bits per heavy atom. The number of benzene rings is 2. The molecule has 0 bridgehead atoms. The third kappa shape index (κ3) is 6.29. The van der Waals surface area contributed by atoms with Crippen LogP contribution in [0, 0.1) is 15.7 Å². The first kappa shape index (κ1) is 21.8. The Labute approximate surface area is 164 Å². The molecule has 0 radical (unpaired) electrons. The second-order valence-electron chi connectivity index (χ2n) is 6.05. The normalized spacial score (nSPS) is 14.9. The molecule has 1 aliphatic rings. The molecule has 0 spiro atoms. The summed E-state index contributed by atoms with van der Waals surface area (Å²) in [7, 11) is -3.09. The van der Waals surface area contributed by atoms with E-state index >= 15 is 0 Å². The van der Waals surface area contributed by atoms with Gasteiger partial charge >= 0.3 is 0 Å². The standard InChI is InChI=1S/C19H20N2O2.ClHO4/c1-23-16-11-9-15(10-12-16)19(22)18(14-6-3-2-4-7-14)21-13-5-8-17(21)20;2-1(3,4)5/h2-4,6-7,9-12,18,20H,5,8,13H2,1H3;(H,2,3,4,5). The van der Waals surface area contributed by atoms with Gasteiger partial charge in [-0.2, -0.15) is 14.0 Å². The molecule has 1 unspecified atom stereocenters. The van der Waals surface area contributed by atoms with Crippen LogP contribution in [0.2, 0.25) is 0 Å². The second-order valence-corrected chi connectivity index (χ2v) is 6.84. The Balaban J connectivity index is 0.000000500. The van der Waals surface area contributed by atoms with Gasteiger partial charge in [0, 0.05) is 18.5 Å². The highest BCUT2D eigenvalue weighted by Crippen LogP contribution is 2.30. The van der Waals surface area contributed by atoms with Crippen LogP contribution in [0.25, 0.3) is 0 Å². The number of carbonyl (C=O) groups is 1. The summed E-state index contributed by atoms with van der Waals surface area (Å²) < 4.78 is 37.9. The zero-order chi connectivity index (χ0) is 20.7. The van der Waals surface area contributed by atoms with E-state index in [0.29, 0.717) is 11.4 Å². The molecule has 1 atom stereocenters. The van der Waals surface area contributed by atoms with Crippen molar-refractivity contribution in [3.8, 4) is 5.75 Å². The van der Waals surface area contributed by atoms with Gasteiger partial charge in [0.15, 0.2) is 5.78 Å². The lowest BCUT2D eigenvalue weighted by molar-refractivity contribution is -1.92. The molecule has 2 aromatic carbocycles. The zero-order valence-corrected chi connectivity index (χ0v) is 16.0. The fraction of sp³-hybridized carbons (Fsp3) is 0.263. The van der Waals surface area contributed by atoms with Crippen LogP contribution in [0.4, 0.5) is 0 Å². The largest absolute Gasteiger partial charge is 0.497 e. The van der Waals surface area contributed by atoms with Crippen molar-refractivity contribution in [2.24, 2.45) is 0 Å². The lowest BCUT2D eigenvalue weighted by Crippen LogP contribution is -2.58. The summed E-state index contributed by atoms with van der Waals surface area (Å²) in [5.41, 5.74) is 1.57. The number of ketones is 1. The maximum absolute atomic E-state index is 13.1. The zero-order valence-electron chi connectivity index (χ0n) is 15.2. The van der Waals surface area contributed by atoms with Crippen molar-refractivity contribution >= 4 is 11.6 Å². The first-order valence-corrected chi connectivity index (χ1v) is 9.67. The first-order valence-electron chi connectivity index (χ1n) is 8.41. The van der Waals surface area contributed by atoms with Crippen molar-refractivity contribution in [3.63, 3.8) is 0 Å². The average molecular weight is 409 g/mol. The number of carbonyl (C=O) groups excluding carboxylic acids is 1. The molecule has 2 aromatic rings. The molecule has 1 saturated heterocycles. The Hall–Kier alpha value is -2.49. The average Bonchev–Trinajstić information content (AvgIpc) is 3.07. The molecule has 0 saturated carbocycles. The lowest BCUT2D eigenvalue weighted by Gasteiger charge is -2.28. The van der Waals surface area contributed by atoms with Crippen LogP contribution < -0.4 is 18.7 Å². The van der Waals surface area contributed by atoms with Crippen molar-refractivity contribution in [3.05, 3.63) is 65.7 Å². The minimum absolute atomic E-state index is 0.0190. The minimum atomic E-state index is -4.69. The van der Waals surface area contributed by atoms with Gasteiger partial charge in [-0.3, -0.25) is 10.2 Å². The number of ether oxygens (including phenoxy) is 1. The number of nitrogens with one attached hydrogen (secondary N) is 1. The Kier molecular flexibility index (Phi) is 7.50. The molecule has 1 heterocycles. The van der Waals surface area contributed by atoms with Crippen LogP contribution in [0.1, 0.15) is 34.8 Å². The molecule has 0 aromatic heterocycles. The third-order valence-electron chi connectivity index (χ3n) is 4.21. The van der Waals surface area contributed by atoms with Gasteiger partial charge in [-0.25, -0.2) is 0 Å². The van der Waals surface area contributed by atoms with Crippen LogP contribution in [-0.4, -0.2) is 34.8 Å². The van der Waals surface area contributed by atoms with E-state index in [1.807, 2.05) is 35.2 Å². The number of hydrogen-bond donors (Lipinski definition) is 2. The molecule has 9 heteroatoms. The highest BCUT2D eigenvalue weighted by molar-refractivity contribution is 6.03. The molecular weight excluding hydrogens is 388 g/mol. The minimum Gasteiger partial charge on any atom is -0.497 e. The molecule has 28 heavy (non-hydrogen) atoms. The Morgan fingerprint density at radius 2 is 1.71 bits per heavy atom. The van der Waals surface area contributed by atoms with Crippen molar-refractivity contribution in [2.75, 3.05) is 13.7 Å². The van der Waals surface area contributed by atoms with Crippen LogP contribution >= 0.6 is 0 Å². The van der Waals surface area contributed by atoms with Gasteiger partial charge in [-0.1, -0.05) is 30.3 Å². The summed E-state index contributed by atoms with van der Waals surface area (Å²) in [5, 5.41) is 8.16. The topological polar surface area (TPSA) is 143 Å². The van der Waals surface area contributed by atoms with Crippen molar-refractivity contribution in [1.29, 1.82) is 5.41 Å². The quantitative estimate of drug-likeness (QED) is 0.639. The van der Waals surface area contributed by atoms with Crippen LogP contribution in [0.5, 0.6) is 5.75 Å². The van der Waals surface area contributed by atoms with Gasteiger partial charge in [0.05, 0.1) is 27.8 Å². The smallest absolute Gasteiger partial charge is 0.189 e. The first-order chi connectivity index (χ1) is 13.2. The number of nitrogens with zero attached hydrogens (tertiary/aromatic N) is 1. The highest BCUT2D eigenvalue weighted by Gasteiger charge is 2.32. The highest BCUT2D eigenvalue weighted by atomic mass is 35.7. The monoisotopic (exact) mass is 408 g/mol. The van der Waals surface area contributed by atoms with E-state index in [9.17, 15) is 4.79 Å². The maximum Gasteiger partial charge on any atom is 0.189 e. The number of likely N-dealkylation sites (tertiary alicyclic amines) is 1. The molecule has 3 rings (SSSR count). The van der Waals surface area contributed by atoms with Gasteiger partial charge in [0.2, 0.25) is 0 Å². The number of Topliss-reactive ketones (excluding diaryl/α,β-unsaturated/α-hetero) is 1. The SMILES string of the molecule is COc1ccc(C(=O)C(c2ccccc2)N2CCCC2=N)cc1.[O-][Cl+3]([O-])([O-])O. The Bertz CT molecular complexity index is 786. The predicted molar refractivity (Wildman–Crippen MR) is 92.4 cm³/mol. The summed E-state index contributed by atoms with van der Waals surface area (Å²) in [6, 6.07) is 16.5. The van der Waals surface area contributed by atoms with Gasteiger partial charge < -0.3 is 9.64 Å². The van der Waals surface area contributed by atoms with Crippen molar-refractivity contribution in [2.45, 2.75) is 18.9 Å². The van der Waals surface area contributed by atoms with Crippen LogP contribution in [-0.2, 0) is 0 Å². The van der Waals surface area contributed by atoms with E-state index in [-0.39, 0.29) is 5.78 Å². The van der Waals surface area contributed by atoms with Gasteiger partial charge in [0.1, 0.15) is 11.8 Å². The maximum atomic E-state index is 13.1. The molecule has 0 amide bonds. The van der Waals surface area contributed by atoms with E-state index < -0.39 is 16.3 Å². The Morgan fingerprint density at radius 1 is 1.14 bits per heavy atom. The van der Waals surface area contributed by atoms with E-state index in [0.717, 1.165) is 30.7 Å². The summed E-state index contributed by atoms with van der Waals surface area (Å²) in [6.45, 7) is 0.750. The number of hydrogen-bond acceptors (Lipinski definition) is 7. The van der Waals surface area contributed by atoms with Crippen LogP contribution in [0.15, 0.2) is 54.6 Å². The lowest BCUT2D eigenvalue weighted by atomic mass is 9.96. The van der Waals surface area contributed by atoms with Crippen LogP contribution in [0.3, 0.4) is 0 Å². The summed E-state index contributed by atoms with van der Waals surface area (Å²) in [6.07, 6.45) is 1.66. The fourth-order valence-corrected chi connectivity index (χ4v) is 3.00. The van der Waals surface area contributed by atoms with Gasteiger partial charge in [-0.15, -0.1) is 0 Å². The number of rotatable bonds is 5. The van der Waals surface area contributed by atoms with E-state index in [4.69, 9.17) is 28.8 Å². The molecule has 2 N–H and O–H groups in total. The van der Waals surface area contributed by atoms with E-state index in [1.54, 1.807) is 31.4 Å². The van der Waals surface area contributed by atoms with Crippen molar-refractivity contribution < 1.29 is 38.4 Å². The number of methoxy groups -OCH3 is 1. The van der Waals surface area contributed by atoms with Crippen molar-refractivity contribution in [1.82, 2.24) is 4.90 Å². The molecule has 150 valence electrons. The molecule has 8 nitrogen and oxygen atoms in total. The number of amidine groups is 1. The van der Waals surface area contributed by atoms with Gasteiger partial charge in [-0.05, 0) is 36.2 Å².